The number of carbonyl (C=O) groups excluding carboxylic acids is 2. The van der Waals surface area contributed by atoms with E-state index in [1.165, 1.54) is 0 Å². The number of ketones is 1. The van der Waals surface area contributed by atoms with Crippen molar-refractivity contribution in [3.8, 4) is 0 Å². The average molecular weight is 550 g/mol. The second-order valence-electron chi connectivity index (χ2n) is 15.4. The van der Waals surface area contributed by atoms with Gasteiger partial charge >= 0.3 is 5.97 Å². The van der Waals surface area contributed by atoms with Crippen molar-refractivity contribution in [2.24, 2.45) is 50.2 Å². The largest absolute Gasteiger partial charge is 0.457 e. The highest BCUT2D eigenvalue weighted by molar-refractivity contribution is 9.09. The predicted molar refractivity (Wildman–Crippen MR) is 139 cm³/mol. The summed E-state index contributed by atoms with van der Waals surface area (Å²) in [6.07, 6.45) is 9.61. The van der Waals surface area contributed by atoms with Crippen molar-refractivity contribution in [1.82, 2.24) is 0 Å². The van der Waals surface area contributed by atoms with E-state index in [1.807, 2.05) is 6.92 Å². The lowest BCUT2D eigenvalue weighted by atomic mass is 9.31. The standard InChI is InChI=1S/C30H45BrO4/c1-24(2)11-13-29-14-12-28(6)27(5)10-7-18-25(3,9-8-22(33)26(18,4)17-32)19(27)15-21(31)30(28,20(29)16-24)35-23(29)34/h18-21,32H,7-17H2,1-6H3/t18?,19?,20?,21-,25-,26-,27+,28-,29-,30+/m0/s1. The quantitative estimate of drug-likeness (QED) is 0.301. The first-order chi connectivity index (χ1) is 16.2. The number of esters is 1. The van der Waals surface area contributed by atoms with E-state index >= 15 is 0 Å². The zero-order valence-corrected chi connectivity index (χ0v) is 24.2. The summed E-state index contributed by atoms with van der Waals surface area (Å²) in [6.45, 7) is 14.1. The molecule has 5 heteroatoms. The van der Waals surface area contributed by atoms with Crippen LogP contribution in [0.15, 0.2) is 0 Å². The van der Waals surface area contributed by atoms with Gasteiger partial charge in [0.2, 0.25) is 0 Å². The molecule has 2 bridgehead atoms. The minimum atomic E-state index is -0.638. The van der Waals surface area contributed by atoms with E-state index in [9.17, 15) is 14.7 Å². The maximum atomic E-state index is 13.8. The zero-order valence-electron chi connectivity index (χ0n) is 22.6. The third kappa shape index (κ3) is 2.55. The minimum Gasteiger partial charge on any atom is -0.457 e. The van der Waals surface area contributed by atoms with E-state index in [-0.39, 0.29) is 62.1 Å². The summed E-state index contributed by atoms with van der Waals surface area (Å²) in [5.74, 6) is 1.24. The normalized spacial score (nSPS) is 58.5. The van der Waals surface area contributed by atoms with Gasteiger partial charge in [-0.15, -0.1) is 0 Å². The molecule has 3 unspecified atom stereocenters. The van der Waals surface area contributed by atoms with Crippen molar-refractivity contribution < 1.29 is 19.4 Å². The van der Waals surface area contributed by atoms with Crippen molar-refractivity contribution in [1.29, 1.82) is 0 Å². The Morgan fingerprint density at radius 3 is 2.29 bits per heavy atom. The van der Waals surface area contributed by atoms with Crippen LogP contribution in [0.3, 0.4) is 0 Å². The highest BCUT2D eigenvalue weighted by atomic mass is 79.9. The molecule has 1 spiro atoms. The van der Waals surface area contributed by atoms with Crippen LogP contribution in [0.4, 0.5) is 0 Å². The monoisotopic (exact) mass is 548 g/mol. The second kappa shape index (κ2) is 6.96. The lowest BCUT2D eigenvalue weighted by Crippen LogP contribution is -2.75. The zero-order chi connectivity index (χ0) is 25.4. The van der Waals surface area contributed by atoms with Gasteiger partial charge in [0, 0.05) is 17.8 Å². The molecule has 1 N–H and O–H groups in total. The summed E-state index contributed by atoms with van der Waals surface area (Å²) >= 11 is 4.22. The summed E-state index contributed by atoms with van der Waals surface area (Å²) in [5, 5.41) is 10.4. The van der Waals surface area contributed by atoms with Crippen LogP contribution in [0.25, 0.3) is 0 Å². The molecule has 6 rings (SSSR count). The molecule has 0 aromatic rings. The Kier molecular flexibility index (Phi) is 4.95. The van der Waals surface area contributed by atoms with Crippen molar-refractivity contribution >= 4 is 27.7 Å². The number of halogens is 1. The number of alkyl halides is 1. The number of Topliss-reactive ketones (excluding diaryl/α,β-unsaturated/α-hetero) is 1. The number of fused-ring (bicyclic) bond motifs is 4. The van der Waals surface area contributed by atoms with Crippen LogP contribution in [0.1, 0.15) is 106 Å². The first-order valence-corrected chi connectivity index (χ1v) is 15.1. The third-order valence-electron chi connectivity index (χ3n) is 13.9. The van der Waals surface area contributed by atoms with Crippen LogP contribution in [0.2, 0.25) is 0 Å². The molecule has 35 heavy (non-hydrogen) atoms. The topological polar surface area (TPSA) is 63.6 Å². The molecular weight excluding hydrogens is 504 g/mol. The van der Waals surface area contributed by atoms with Crippen LogP contribution in [-0.2, 0) is 14.3 Å². The first-order valence-electron chi connectivity index (χ1n) is 14.2. The molecule has 5 aliphatic carbocycles. The Labute approximate surface area is 219 Å². The fraction of sp³-hybridized carbons (Fsp3) is 0.933. The van der Waals surface area contributed by atoms with Gasteiger partial charge in [-0.25, -0.2) is 0 Å². The van der Waals surface area contributed by atoms with Crippen LogP contribution in [0.5, 0.6) is 0 Å². The maximum Gasteiger partial charge on any atom is 0.313 e. The van der Waals surface area contributed by atoms with Crippen LogP contribution >= 0.6 is 15.9 Å². The van der Waals surface area contributed by atoms with E-state index < -0.39 is 11.0 Å². The van der Waals surface area contributed by atoms with E-state index in [1.54, 1.807) is 0 Å². The predicted octanol–water partition coefficient (Wildman–Crippen LogP) is 6.46. The molecule has 0 aromatic carbocycles. The second-order valence-corrected chi connectivity index (χ2v) is 16.5. The Morgan fingerprint density at radius 1 is 0.914 bits per heavy atom. The molecule has 6 aliphatic rings. The number of ether oxygens (including phenoxy) is 1. The third-order valence-corrected chi connectivity index (χ3v) is 15.0. The van der Waals surface area contributed by atoms with Gasteiger partial charge < -0.3 is 9.84 Å². The van der Waals surface area contributed by atoms with Gasteiger partial charge in [-0.1, -0.05) is 57.5 Å². The summed E-state index contributed by atoms with van der Waals surface area (Å²) in [5.41, 5.74) is -1.25. The average Bonchev–Trinajstić information content (AvgIpc) is 2.98. The molecule has 1 aliphatic heterocycles. The molecule has 0 amide bonds. The van der Waals surface area contributed by atoms with Crippen LogP contribution in [-0.4, -0.2) is 33.9 Å². The Bertz CT molecular complexity index is 993. The molecule has 10 atom stereocenters. The summed E-state index contributed by atoms with van der Waals surface area (Å²) in [7, 11) is 0. The van der Waals surface area contributed by atoms with Gasteiger partial charge in [-0.2, -0.15) is 0 Å². The number of hydrogen-bond acceptors (Lipinski definition) is 4. The molecule has 1 heterocycles. The molecule has 0 radical (unpaired) electrons. The van der Waals surface area contributed by atoms with Gasteiger partial charge in [-0.05, 0) is 85.9 Å². The molecule has 1 saturated heterocycles. The van der Waals surface area contributed by atoms with Gasteiger partial charge in [0.05, 0.1) is 22.3 Å². The SMILES string of the molecule is CC1(C)CC[C@@]23CC[C@]4(C)[C@@](OC2=O)(C3C1)[C@@H](Br)CC1[C@@]2(C)CCC(=O)[C@@](C)(CO)C2CC[C@]14C. The smallest absolute Gasteiger partial charge is 0.313 e. The number of rotatable bonds is 1. The Morgan fingerprint density at radius 2 is 1.60 bits per heavy atom. The Hall–Kier alpha value is -0.420. The lowest BCUT2D eigenvalue weighted by Gasteiger charge is -2.74. The fourth-order valence-electron chi connectivity index (χ4n) is 11.6. The van der Waals surface area contributed by atoms with E-state index in [0.29, 0.717) is 12.3 Å². The fourth-order valence-corrected chi connectivity index (χ4v) is 12.9. The van der Waals surface area contributed by atoms with Gasteiger partial charge in [-0.3, -0.25) is 9.59 Å². The summed E-state index contributed by atoms with van der Waals surface area (Å²) in [6, 6.07) is 0. The van der Waals surface area contributed by atoms with Gasteiger partial charge in [0.1, 0.15) is 11.4 Å². The minimum absolute atomic E-state index is 0.00197. The molecule has 4 nitrogen and oxygen atoms in total. The summed E-state index contributed by atoms with van der Waals surface area (Å²) in [4.78, 5) is 27.0. The molecule has 0 aromatic heterocycles. The Balaban J connectivity index is 1.49. The molecule has 6 fully saturated rings. The first kappa shape index (κ1) is 24.9. The molecule has 5 saturated carbocycles. The van der Waals surface area contributed by atoms with Gasteiger partial charge in [0.15, 0.2) is 0 Å². The van der Waals surface area contributed by atoms with E-state index in [2.05, 4.69) is 50.5 Å². The van der Waals surface area contributed by atoms with Gasteiger partial charge in [0.25, 0.3) is 0 Å². The highest BCUT2D eigenvalue weighted by Crippen LogP contribution is 2.81. The van der Waals surface area contributed by atoms with Crippen molar-refractivity contribution in [3.63, 3.8) is 0 Å². The van der Waals surface area contributed by atoms with E-state index in [0.717, 1.165) is 57.8 Å². The van der Waals surface area contributed by atoms with Crippen molar-refractivity contribution in [2.45, 2.75) is 116 Å². The number of aliphatic hydroxyl groups is 1. The van der Waals surface area contributed by atoms with E-state index in [4.69, 9.17) is 4.74 Å². The maximum absolute atomic E-state index is 13.8. The number of hydrogen-bond donors (Lipinski definition) is 1. The number of aliphatic hydroxyl groups excluding tert-OH is 1. The molecular formula is C30H45BrO4. The molecule has 196 valence electrons. The highest BCUT2D eigenvalue weighted by Gasteiger charge is 2.83. The van der Waals surface area contributed by atoms with Crippen LogP contribution < -0.4 is 0 Å². The van der Waals surface area contributed by atoms with Crippen LogP contribution in [0, 0.1) is 50.2 Å². The summed E-state index contributed by atoms with van der Waals surface area (Å²) < 4.78 is 6.81. The van der Waals surface area contributed by atoms with Crippen molar-refractivity contribution in [3.05, 3.63) is 0 Å². The van der Waals surface area contributed by atoms with Crippen molar-refractivity contribution in [2.75, 3.05) is 6.61 Å². The lowest BCUT2D eigenvalue weighted by molar-refractivity contribution is -0.276. The number of carbonyl (C=O) groups is 2.